The zero-order valence-electron chi connectivity index (χ0n) is 35.5. The molecule has 0 spiro atoms. The van der Waals surface area contributed by atoms with Crippen LogP contribution in [0.25, 0.3) is 0 Å². The SMILES string of the molecule is C/C(=C\CO)CC/C=C(\C)CC/C=C(\C)CCC[C@@](C)(O)CCC[C@@](C)(O)CCC[C@](C)(O)CCC[C@](C)(O)CCC[C@]1(C)CC[C@H](C(C)(C)O)O1. The second kappa shape index (κ2) is 22.5. The fraction of sp³-hybridized carbons (Fsp3) is 0.867. The molecule has 1 fully saturated rings. The van der Waals surface area contributed by atoms with E-state index in [1.165, 1.54) is 16.7 Å². The summed E-state index contributed by atoms with van der Waals surface area (Å²) in [5.74, 6) is 0. The van der Waals surface area contributed by atoms with Crippen molar-refractivity contribution in [3.63, 3.8) is 0 Å². The summed E-state index contributed by atoms with van der Waals surface area (Å²) in [7, 11) is 0. The maximum Gasteiger partial charge on any atom is 0.0864 e. The minimum absolute atomic E-state index is 0.115. The Morgan fingerprint density at radius 1 is 0.577 bits per heavy atom. The normalized spacial score (nSPS) is 24.0. The van der Waals surface area contributed by atoms with Gasteiger partial charge in [0.25, 0.3) is 0 Å². The van der Waals surface area contributed by atoms with E-state index in [4.69, 9.17) is 9.84 Å². The highest BCUT2D eigenvalue weighted by Crippen LogP contribution is 2.39. The van der Waals surface area contributed by atoms with Crippen molar-refractivity contribution in [1.82, 2.24) is 0 Å². The smallest absolute Gasteiger partial charge is 0.0864 e. The highest BCUT2D eigenvalue weighted by Gasteiger charge is 2.42. The lowest BCUT2D eigenvalue weighted by Gasteiger charge is -2.32. The van der Waals surface area contributed by atoms with Gasteiger partial charge in [-0.3, -0.25) is 0 Å². The van der Waals surface area contributed by atoms with Crippen molar-refractivity contribution < 1.29 is 35.4 Å². The fourth-order valence-electron chi connectivity index (χ4n) is 7.77. The summed E-state index contributed by atoms with van der Waals surface area (Å²) in [5.41, 5.74) is -0.291. The molecule has 0 saturated carbocycles. The van der Waals surface area contributed by atoms with Crippen LogP contribution in [-0.4, -0.2) is 77.0 Å². The van der Waals surface area contributed by atoms with Gasteiger partial charge in [0, 0.05) is 0 Å². The van der Waals surface area contributed by atoms with E-state index in [9.17, 15) is 25.5 Å². The van der Waals surface area contributed by atoms with E-state index in [0.29, 0.717) is 44.9 Å². The van der Waals surface area contributed by atoms with Gasteiger partial charge in [0.2, 0.25) is 0 Å². The molecule has 0 aromatic heterocycles. The van der Waals surface area contributed by atoms with Crippen LogP contribution in [0.3, 0.4) is 0 Å². The number of aliphatic hydroxyl groups excluding tert-OH is 1. The molecule has 0 amide bonds. The van der Waals surface area contributed by atoms with Crippen molar-refractivity contribution in [1.29, 1.82) is 0 Å². The summed E-state index contributed by atoms with van der Waals surface area (Å²) in [6, 6.07) is 0. The molecule has 6 atom stereocenters. The fourth-order valence-corrected chi connectivity index (χ4v) is 7.77. The summed E-state index contributed by atoms with van der Waals surface area (Å²) in [6.45, 7) is 19.8. The van der Waals surface area contributed by atoms with Crippen LogP contribution in [0, 0.1) is 0 Å². The second-order valence-electron chi connectivity index (χ2n) is 18.9. The molecule has 52 heavy (non-hydrogen) atoms. The van der Waals surface area contributed by atoms with Gasteiger partial charge in [-0.25, -0.2) is 0 Å². The Bertz CT molecular complexity index is 1090. The van der Waals surface area contributed by atoms with Crippen LogP contribution in [0.2, 0.25) is 0 Å². The first-order valence-electron chi connectivity index (χ1n) is 20.8. The van der Waals surface area contributed by atoms with Gasteiger partial charge in [0.05, 0.1) is 46.3 Å². The Balaban J connectivity index is 2.27. The minimum atomic E-state index is -0.840. The summed E-state index contributed by atoms with van der Waals surface area (Å²) >= 11 is 0. The Morgan fingerprint density at radius 2 is 0.942 bits per heavy atom. The second-order valence-corrected chi connectivity index (χ2v) is 18.9. The first kappa shape index (κ1) is 49.0. The standard InChI is InChI=1S/C45H84O7/c1-36(19-12-21-38(3)24-35-46)18-11-20-37(2)22-13-25-41(6,48)26-14-27-42(7,49)28-15-29-43(8,50)30-16-31-44(9,51)32-17-33-45(10)34-23-39(52-45)40(4,5)47/h19-20,24,39,46-51H,11-18,21-23,25-35H2,1-10H3/b36-19+,37-20+,38-24+/t39-,41-,42-,43+,44+,45-/m1/s1. The number of rotatable bonds is 28. The molecular weight excluding hydrogens is 652 g/mol. The van der Waals surface area contributed by atoms with Crippen molar-refractivity contribution in [3.05, 3.63) is 34.9 Å². The van der Waals surface area contributed by atoms with Crippen LogP contribution in [0.4, 0.5) is 0 Å². The number of aliphatic hydroxyl groups is 6. The molecule has 0 bridgehead atoms. The Kier molecular flexibility index (Phi) is 21.2. The molecule has 1 heterocycles. The molecule has 7 nitrogen and oxygen atoms in total. The highest BCUT2D eigenvalue weighted by atomic mass is 16.5. The van der Waals surface area contributed by atoms with Gasteiger partial charge in [-0.15, -0.1) is 0 Å². The number of allylic oxidation sites excluding steroid dienone is 5. The van der Waals surface area contributed by atoms with Gasteiger partial charge in [-0.05, 0) is 204 Å². The monoisotopic (exact) mass is 737 g/mol. The third-order valence-corrected chi connectivity index (χ3v) is 11.7. The molecule has 7 heteroatoms. The van der Waals surface area contributed by atoms with Crippen LogP contribution in [0.1, 0.15) is 204 Å². The van der Waals surface area contributed by atoms with E-state index in [1.807, 2.05) is 33.8 Å². The number of ether oxygens (including phenoxy) is 1. The van der Waals surface area contributed by atoms with E-state index in [-0.39, 0.29) is 18.3 Å². The molecule has 0 radical (unpaired) electrons. The molecular formula is C45H84O7. The number of hydrogen-bond donors (Lipinski definition) is 6. The summed E-state index contributed by atoms with van der Waals surface area (Å²) in [6.07, 6.45) is 23.2. The van der Waals surface area contributed by atoms with E-state index in [2.05, 4.69) is 39.8 Å². The first-order valence-corrected chi connectivity index (χ1v) is 20.8. The van der Waals surface area contributed by atoms with Crippen LogP contribution in [-0.2, 0) is 4.74 Å². The number of hydrogen-bond acceptors (Lipinski definition) is 7. The van der Waals surface area contributed by atoms with Gasteiger partial charge in [0.15, 0.2) is 0 Å². The van der Waals surface area contributed by atoms with E-state index in [1.54, 1.807) is 13.8 Å². The average Bonchev–Trinajstić information content (AvgIpc) is 3.39. The van der Waals surface area contributed by atoms with Gasteiger partial charge in [-0.1, -0.05) is 34.9 Å². The predicted octanol–water partition coefficient (Wildman–Crippen LogP) is 9.94. The van der Waals surface area contributed by atoms with Gasteiger partial charge in [0.1, 0.15) is 0 Å². The molecule has 6 N–H and O–H groups in total. The Labute approximate surface area is 320 Å². The lowest BCUT2D eigenvalue weighted by Crippen LogP contribution is -2.38. The van der Waals surface area contributed by atoms with Crippen molar-refractivity contribution in [3.8, 4) is 0 Å². The molecule has 0 unspecified atom stereocenters. The first-order chi connectivity index (χ1) is 23.9. The molecule has 1 aliphatic heterocycles. The summed E-state index contributed by atoms with van der Waals surface area (Å²) in [5, 5.41) is 63.4. The van der Waals surface area contributed by atoms with Crippen LogP contribution in [0.15, 0.2) is 34.9 Å². The molecule has 0 aliphatic carbocycles. The van der Waals surface area contributed by atoms with Crippen molar-refractivity contribution in [2.24, 2.45) is 0 Å². The maximum atomic E-state index is 11.0. The maximum absolute atomic E-state index is 11.0. The van der Waals surface area contributed by atoms with Crippen molar-refractivity contribution in [2.75, 3.05) is 6.61 Å². The highest BCUT2D eigenvalue weighted by molar-refractivity contribution is 5.06. The van der Waals surface area contributed by atoms with Crippen LogP contribution in [0.5, 0.6) is 0 Å². The van der Waals surface area contributed by atoms with Crippen molar-refractivity contribution in [2.45, 2.75) is 244 Å². The average molecular weight is 737 g/mol. The van der Waals surface area contributed by atoms with Crippen molar-refractivity contribution >= 4 is 0 Å². The lowest BCUT2D eigenvalue weighted by molar-refractivity contribution is -0.119. The van der Waals surface area contributed by atoms with Crippen LogP contribution >= 0.6 is 0 Å². The van der Waals surface area contributed by atoms with Gasteiger partial charge >= 0.3 is 0 Å². The van der Waals surface area contributed by atoms with E-state index in [0.717, 1.165) is 89.9 Å². The zero-order chi connectivity index (χ0) is 39.7. The Hall–Kier alpha value is -1.06. The third-order valence-electron chi connectivity index (χ3n) is 11.7. The minimum Gasteiger partial charge on any atom is -0.392 e. The summed E-state index contributed by atoms with van der Waals surface area (Å²) < 4.78 is 6.20. The summed E-state index contributed by atoms with van der Waals surface area (Å²) in [4.78, 5) is 0. The molecule has 0 aromatic rings. The lowest BCUT2D eigenvalue weighted by atomic mass is 9.84. The zero-order valence-corrected chi connectivity index (χ0v) is 35.5. The predicted molar refractivity (Wildman–Crippen MR) is 217 cm³/mol. The Morgan fingerprint density at radius 3 is 1.33 bits per heavy atom. The molecule has 1 aliphatic rings. The quantitative estimate of drug-likeness (QED) is 0.0441. The molecule has 306 valence electrons. The molecule has 1 saturated heterocycles. The molecule has 0 aromatic carbocycles. The van der Waals surface area contributed by atoms with Gasteiger partial charge in [-0.2, -0.15) is 0 Å². The topological polar surface area (TPSA) is 131 Å². The largest absolute Gasteiger partial charge is 0.392 e. The molecule has 1 rings (SSSR count). The third kappa shape index (κ3) is 23.0. The van der Waals surface area contributed by atoms with E-state index < -0.39 is 28.0 Å². The van der Waals surface area contributed by atoms with E-state index >= 15 is 0 Å². The van der Waals surface area contributed by atoms with Crippen LogP contribution < -0.4 is 0 Å². The van der Waals surface area contributed by atoms with Gasteiger partial charge < -0.3 is 35.4 Å².